The highest BCUT2D eigenvalue weighted by Crippen LogP contribution is 2.37. The SMILES string of the molecule is Cc1nc2ccc(-c3cnc(C(C)(C)O)nc3)cc2c(N[C@H](C)c2cccc(C#N)c2)c1Cl. The van der Waals surface area contributed by atoms with E-state index in [1.807, 2.05) is 50.2 Å². The molecule has 2 N–H and O–H groups in total. The highest BCUT2D eigenvalue weighted by Gasteiger charge is 2.20. The minimum absolute atomic E-state index is 0.0844. The van der Waals surface area contributed by atoms with E-state index < -0.39 is 5.60 Å². The van der Waals surface area contributed by atoms with Gasteiger partial charge in [0, 0.05) is 29.4 Å². The number of aryl methyl sites for hydroxylation is 1. The van der Waals surface area contributed by atoms with Crippen LogP contribution < -0.4 is 5.32 Å². The summed E-state index contributed by atoms with van der Waals surface area (Å²) in [4.78, 5) is 13.3. The van der Waals surface area contributed by atoms with Crippen LogP contribution in [0.1, 0.15) is 49.5 Å². The summed E-state index contributed by atoms with van der Waals surface area (Å²) in [7, 11) is 0. The van der Waals surface area contributed by atoms with Crippen molar-refractivity contribution in [3.8, 4) is 17.2 Å². The van der Waals surface area contributed by atoms with Gasteiger partial charge >= 0.3 is 0 Å². The Morgan fingerprint density at radius 3 is 2.48 bits per heavy atom. The number of pyridine rings is 1. The lowest BCUT2D eigenvalue weighted by molar-refractivity contribution is 0.0687. The first-order chi connectivity index (χ1) is 15.7. The second kappa shape index (κ2) is 8.78. The van der Waals surface area contributed by atoms with Gasteiger partial charge in [-0.25, -0.2) is 9.97 Å². The summed E-state index contributed by atoms with van der Waals surface area (Å²) in [6.07, 6.45) is 3.40. The molecule has 0 saturated heterocycles. The molecule has 4 aromatic rings. The third-order valence-electron chi connectivity index (χ3n) is 5.50. The molecule has 0 amide bonds. The Morgan fingerprint density at radius 1 is 1.09 bits per heavy atom. The first kappa shape index (κ1) is 22.7. The van der Waals surface area contributed by atoms with E-state index in [9.17, 15) is 10.4 Å². The molecule has 0 aliphatic carbocycles. The Hall–Kier alpha value is -3.53. The number of nitrogens with one attached hydrogen (secondary N) is 1. The van der Waals surface area contributed by atoms with Crippen LogP contribution in [0.15, 0.2) is 54.9 Å². The number of fused-ring (bicyclic) bond motifs is 1. The molecule has 0 aliphatic rings. The highest BCUT2D eigenvalue weighted by molar-refractivity contribution is 6.35. The maximum Gasteiger partial charge on any atom is 0.159 e. The van der Waals surface area contributed by atoms with Crippen LogP contribution in [-0.2, 0) is 5.60 Å². The summed E-state index contributed by atoms with van der Waals surface area (Å²) in [5.41, 5.74) is 4.55. The van der Waals surface area contributed by atoms with Crippen LogP contribution in [0.3, 0.4) is 0 Å². The molecule has 1 atom stereocenters. The van der Waals surface area contributed by atoms with E-state index in [0.29, 0.717) is 16.4 Å². The average Bonchev–Trinajstić information content (AvgIpc) is 2.81. The van der Waals surface area contributed by atoms with E-state index in [1.165, 1.54) is 0 Å². The second-order valence-corrected chi connectivity index (χ2v) is 8.95. The topological polar surface area (TPSA) is 94.7 Å². The lowest BCUT2D eigenvalue weighted by Gasteiger charge is -2.20. The van der Waals surface area contributed by atoms with Gasteiger partial charge < -0.3 is 10.4 Å². The number of hydrogen-bond acceptors (Lipinski definition) is 6. The smallest absolute Gasteiger partial charge is 0.159 e. The summed E-state index contributed by atoms with van der Waals surface area (Å²) >= 11 is 6.70. The largest absolute Gasteiger partial charge is 0.382 e. The molecule has 2 heterocycles. The molecule has 0 fully saturated rings. The van der Waals surface area contributed by atoms with Crippen molar-refractivity contribution in [2.75, 3.05) is 5.32 Å². The number of anilines is 1. The third kappa shape index (κ3) is 4.65. The normalized spacial score (nSPS) is 12.4. The lowest BCUT2D eigenvalue weighted by atomic mass is 10.0. The van der Waals surface area contributed by atoms with Crippen molar-refractivity contribution in [3.63, 3.8) is 0 Å². The zero-order valence-electron chi connectivity index (χ0n) is 18.9. The van der Waals surface area contributed by atoms with Crippen LogP contribution in [0.25, 0.3) is 22.0 Å². The van der Waals surface area contributed by atoms with Gasteiger partial charge in [-0.15, -0.1) is 0 Å². The molecule has 0 saturated carbocycles. The quantitative estimate of drug-likeness (QED) is 0.386. The first-order valence-electron chi connectivity index (χ1n) is 10.6. The number of nitrogens with zero attached hydrogens (tertiary/aromatic N) is 4. The molecule has 6 nitrogen and oxygen atoms in total. The van der Waals surface area contributed by atoms with Crippen molar-refractivity contribution >= 4 is 28.2 Å². The number of aliphatic hydroxyl groups is 1. The molecule has 0 radical (unpaired) electrons. The average molecular weight is 458 g/mol. The Balaban J connectivity index is 1.77. The minimum atomic E-state index is -1.10. The summed E-state index contributed by atoms with van der Waals surface area (Å²) in [6, 6.07) is 15.5. The Morgan fingerprint density at radius 2 is 1.82 bits per heavy atom. The van der Waals surface area contributed by atoms with E-state index in [2.05, 4.69) is 26.3 Å². The number of aromatic nitrogens is 3. The fourth-order valence-corrected chi connectivity index (χ4v) is 3.85. The van der Waals surface area contributed by atoms with Crippen molar-refractivity contribution in [1.29, 1.82) is 5.26 Å². The monoisotopic (exact) mass is 457 g/mol. The second-order valence-electron chi connectivity index (χ2n) is 8.58. The number of halogens is 1. The molecule has 33 heavy (non-hydrogen) atoms. The molecule has 166 valence electrons. The van der Waals surface area contributed by atoms with Gasteiger partial charge in [-0.3, -0.25) is 4.98 Å². The van der Waals surface area contributed by atoms with Gasteiger partial charge in [0.1, 0.15) is 5.60 Å². The lowest BCUT2D eigenvalue weighted by Crippen LogP contribution is -2.19. The van der Waals surface area contributed by atoms with Crippen molar-refractivity contribution in [3.05, 3.63) is 82.5 Å². The molecule has 2 aromatic carbocycles. The van der Waals surface area contributed by atoms with E-state index >= 15 is 0 Å². The van der Waals surface area contributed by atoms with E-state index in [4.69, 9.17) is 11.6 Å². The van der Waals surface area contributed by atoms with Gasteiger partial charge in [0.05, 0.1) is 33.6 Å². The molecule has 0 spiro atoms. The Bertz CT molecular complexity index is 1370. The molecule has 4 rings (SSSR count). The van der Waals surface area contributed by atoms with Crippen LogP contribution in [0.5, 0.6) is 0 Å². The summed E-state index contributed by atoms with van der Waals surface area (Å²) in [5.74, 6) is 0.364. The van der Waals surface area contributed by atoms with Gasteiger partial charge in [-0.05, 0) is 63.1 Å². The fourth-order valence-electron chi connectivity index (χ4n) is 3.65. The van der Waals surface area contributed by atoms with Crippen LogP contribution in [0, 0.1) is 18.3 Å². The zero-order chi connectivity index (χ0) is 23.8. The van der Waals surface area contributed by atoms with Gasteiger partial charge in [0.2, 0.25) is 0 Å². The molecule has 7 heteroatoms. The van der Waals surface area contributed by atoms with E-state index in [1.54, 1.807) is 32.3 Å². The van der Waals surface area contributed by atoms with Crippen LogP contribution in [-0.4, -0.2) is 20.1 Å². The predicted octanol–water partition coefficient (Wildman–Crippen LogP) is 5.93. The van der Waals surface area contributed by atoms with Crippen molar-refractivity contribution in [2.24, 2.45) is 0 Å². The Labute approximate surface area is 197 Å². The number of nitriles is 1. The number of hydrogen-bond donors (Lipinski definition) is 2. The molecule has 2 aromatic heterocycles. The maximum atomic E-state index is 10.1. The molecule has 0 unspecified atom stereocenters. The summed E-state index contributed by atoms with van der Waals surface area (Å²) in [5, 5.41) is 24.3. The molecule has 0 bridgehead atoms. The Kier molecular flexibility index (Phi) is 6.03. The molecule has 0 aliphatic heterocycles. The van der Waals surface area contributed by atoms with Crippen LogP contribution >= 0.6 is 11.6 Å². The first-order valence-corrected chi connectivity index (χ1v) is 11.0. The standard InChI is InChI=1S/C26H24ClN5O/c1-15(18-7-5-6-17(10-18)12-28)32-24-21-11-19(8-9-22(21)31-16(2)23(24)27)20-13-29-25(30-14-20)26(3,4)33/h5-11,13-15,33H,1-4H3,(H,31,32)/t15-/m1/s1. The zero-order valence-corrected chi connectivity index (χ0v) is 19.6. The van der Waals surface area contributed by atoms with Gasteiger partial charge in [0.25, 0.3) is 0 Å². The van der Waals surface area contributed by atoms with E-state index in [0.717, 1.165) is 39.0 Å². The van der Waals surface area contributed by atoms with Gasteiger partial charge in [-0.2, -0.15) is 5.26 Å². The number of benzene rings is 2. The van der Waals surface area contributed by atoms with Crippen LogP contribution in [0.4, 0.5) is 5.69 Å². The van der Waals surface area contributed by atoms with Crippen LogP contribution in [0.2, 0.25) is 5.02 Å². The van der Waals surface area contributed by atoms with Gasteiger partial charge in [-0.1, -0.05) is 29.8 Å². The summed E-state index contributed by atoms with van der Waals surface area (Å²) < 4.78 is 0. The van der Waals surface area contributed by atoms with Crippen molar-refractivity contribution < 1.29 is 5.11 Å². The predicted molar refractivity (Wildman–Crippen MR) is 131 cm³/mol. The van der Waals surface area contributed by atoms with Crippen molar-refractivity contribution in [2.45, 2.75) is 39.3 Å². The maximum absolute atomic E-state index is 10.1. The third-order valence-corrected chi connectivity index (χ3v) is 5.96. The van der Waals surface area contributed by atoms with E-state index in [-0.39, 0.29) is 6.04 Å². The highest BCUT2D eigenvalue weighted by atomic mass is 35.5. The fraction of sp³-hybridized carbons (Fsp3) is 0.231. The number of rotatable bonds is 5. The summed E-state index contributed by atoms with van der Waals surface area (Å²) in [6.45, 7) is 7.21. The minimum Gasteiger partial charge on any atom is -0.382 e. The van der Waals surface area contributed by atoms with Crippen molar-refractivity contribution in [1.82, 2.24) is 15.0 Å². The molecular formula is C26H24ClN5O. The van der Waals surface area contributed by atoms with Gasteiger partial charge in [0.15, 0.2) is 5.82 Å². The molecular weight excluding hydrogens is 434 g/mol.